The Morgan fingerprint density at radius 2 is 1.44 bits per heavy atom. The van der Waals surface area contributed by atoms with Crippen LogP contribution in [0.15, 0.2) is 83.4 Å². The highest BCUT2D eigenvalue weighted by Crippen LogP contribution is 2.31. The van der Waals surface area contributed by atoms with E-state index in [0.717, 1.165) is 5.56 Å². The third kappa shape index (κ3) is 9.46. The molecule has 1 saturated heterocycles. The van der Waals surface area contributed by atoms with E-state index in [9.17, 15) is 19.2 Å². The lowest BCUT2D eigenvalue weighted by Crippen LogP contribution is -2.49. The van der Waals surface area contributed by atoms with Gasteiger partial charge in [0.05, 0.1) is 18.2 Å². The average Bonchev–Trinajstić information content (AvgIpc) is 2.98. The minimum atomic E-state index is -1.14. The Morgan fingerprint density at radius 3 is 1.94 bits per heavy atom. The Balaban J connectivity index is 2.01. The third-order valence-corrected chi connectivity index (χ3v) is 7.09. The minimum Gasteiger partial charge on any atom is -0.481 e. The van der Waals surface area contributed by atoms with Crippen molar-refractivity contribution in [3.05, 3.63) is 89.6 Å². The van der Waals surface area contributed by atoms with Gasteiger partial charge < -0.3 is 29.6 Å². The third-order valence-electron chi connectivity index (χ3n) is 7.09. The maximum absolute atomic E-state index is 14.2. The molecule has 258 valence electrons. The summed E-state index contributed by atoms with van der Waals surface area (Å²) in [5, 5.41) is 0. The second kappa shape index (κ2) is 14.7. The van der Waals surface area contributed by atoms with Gasteiger partial charge in [-0.25, -0.2) is 14.6 Å². The Morgan fingerprint density at radius 1 is 0.896 bits per heavy atom. The summed E-state index contributed by atoms with van der Waals surface area (Å²) in [7, 11) is 1.37. The number of methoxy groups -OCH3 is 1. The number of anilines is 1. The van der Waals surface area contributed by atoms with Crippen LogP contribution in [-0.2, 0) is 40.6 Å². The fraction of sp³-hybridized carbons (Fsp3) is 0.417. The summed E-state index contributed by atoms with van der Waals surface area (Å²) in [6.45, 7) is 17.3. The van der Waals surface area contributed by atoms with E-state index in [1.165, 1.54) is 12.0 Å². The molecule has 0 bridgehead atoms. The average molecular weight is 663 g/mol. The van der Waals surface area contributed by atoms with Gasteiger partial charge in [-0.2, -0.15) is 4.90 Å². The van der Waals surface area contributed by atoms with Crippen LogP contribution in [0.2, 0.25) is 0 Å². The number of imide groups is 1. The molecule has 12 nitrogen and oxygen atoms in total. The smallest absolute Gasteiger partial charge is 0.425 e. The summed E-state index contributed by atoms with van der Waals surface area (Å²) in [6.07, 6.45) is -2.11. The van der Waals surface area contributed by atoms with Crippen molar-refractivity contribution in [1.82, 2.24) is 4.90 Å². The second-order valence-electron chi connectivity index (χ2n) is 13.7. The molecule has 1 heterocycles. The van der Waals surface area contributed by atoms with E-state index in [4.69, 9.17) is 24.7 Å². The van der Waals surface area contributed by atoms with Gasteiger partial charge in [-0.3, -0.25) is 9.59 Å². The zero-order valence-electron chi connectivity index (χ0n) is 29.2. The molecule has 2 N–H and O–H groups in total. The Labute approximate surface area is 282 Å². The molecular weight excluding hydrogens is 616 g/mol. The molecule has 2 aromatic rings. The number of aliphatic imine (C=N–C) groups is 1. The predicted molar refractivity (Wildman–Crippen MR) is 182 cm³/mol. The van der Waals surface area contributed by atoms with Gasteiger partial charge in [0.2, 0.25) is 5.88 Å². The van der Waals surface area contributed by atoms with Crippen LogP contribution in [0.3, 0.4) is 0 Å². The van der Waals surface area contributed by atoms with Gasteiger partial charge in [-0.05, 0) is 85.2 Å². The zero-order valence-corrected chi connectivity index (χ0v) is 29.2. The Kier molecular flexibility index (Phi) is 11.5. The van der Waals surface area contributed by atoms with Crippen LogP contribution in [0, 0.1) is 0 Å². The van der Waals surface area contributed by atoms with Crippen LogP contribution in [0.4, 0.5) is 15.3 Å². The van der Waals surface area contributed by atoms with E-state index in [1.807, 2.05) is 30.3 Å². The SMILES string of the molecule is C=C(/N=C1/CCN(c2ccc(C(C)(C)C(=O)OCc3ccccc3)cc2)C(=O)/C1=C(/N)N(C(=O)OC(C)(C)C)C(=O)OC(C)(C)C)OC. The van der Waals surface area contributed by atoms with Crippen molar-refractivity contribution >= 4 is 35.5 Å². The van der Waals surface area contributed by atoms with E-state index < -0.39 is 46.5 Å². The molecule has 0 aromatic heterocycles. The van der Waals surface area contributed by atoms with Gasteiger partial charge in [-0.1, -0.05) is 42.5 Å². The van der Waals surface area contributed by atoms with Gasteiger partial charge in [0, 0.05) is 18.7 Å². The molecule has 0 saturated carbocycles. The van der Waals surface area contributed by atoms with Crippen molar-refractivity contribution in [2.45, 2.75) is 85.0 Å². The zero-order chi connectivity index (χ0) is 36.0. The van der Waals surface area contributed by atoms with Crippen LogP contribution in [0.5, 0.6) is 0 Å². The molecular formula is C36H46N4O8. The first-order valence-corrected chi connectivity index (χ1v) is 15.5. The lowest BCUT2D eigenvalue weighted by atomic mass is 9.84. The van der Waals surface area contributed by atoms with Crippen molar-refractivity contribution < 1.29 is 38.1 Å². The van der Waals surface area contributed by atoms with Crippen LogP contribution in [0.1, 0.15) is 72.9 Å². The Hall–Kier alpha value is -5.13. The number of benzene rings is 2. The molecule has 0 unspecified atom stereocenters. The summed E-state index contributed by atoms with van der Waals surface area (Å²) < 4.78 is 21.6. The lowest BCUT2D eigenvalue weighted by molar-refractivity contribution is -0.150. The number of amides is 3. The van der Waals surface area contributed by atoms with E-state index in [-0.39, 0.29) is 36.7 Å². The molecule has 0 atom stereocenters. The normalized spacial score (nSPS) is 15.8. The molecule has 2 aromatic carbocycles. The summed E-state index contributed by atoms with van der Waals surface area (Å²) in [6, 6.07) is 16.3. The van der Waals surface area contributed by atoms with Gasteiger partial charge >= 0.3 is 18.2 Å². The highest BCUT2D eigenvalue weighted by molar-refractivity contribution is 6.29. The Bertz CT molecular complexity index is 1570. The van der Waals surface area contributed by atoms with Crippen LogP contribution >= 0.6 is 0 Å². The van der Waals surface area contributed by atoms with E-state index in [2.05, 4.69) is 11.6 Å². The van der Waals surface area contributed by atoms with Crippen LogP contribution < -0.4 is 10.6 Å². The van der Waals surface area contributed by atoms with Crippen LogP contribution in [0.25, 0.3) is 0 Å². The molecule has 0 spiro atoms. The molecule has 1 fully saturated rings. The number of nitrogens with two attached hydrogens (primary N) is 1. The molecule has 12 heteroatoms. The first-order valence-electron chi connectivity index (χ1n) is 15.5. The number of rotatable bonds is 8. The van der Waals surface area contributed by atoms with Gasteiger partial charge in [0.1, 0.15) is 29.2 Å². The maximum Gasteiger partial charge on any atom is 0.425 e. The first-order chi connectivity index (χ1) is 22.2. The van der Waals surface area contributed by atoms with Crippen molar-refractivity contribution in [3.63, 3.8) is 0 Å². The molecule has 0 aliphatic carbocycles. The number of carbonyl (C=O) groups excluding carboxylic acids is 4. The predicted octanol–water partition coefficient (Wildman–Crippen LogP) is 6.35. The lowest BCUT2D eigenvalue weighted by Gasteiger charge is -2.33. The van der Waals surface area contributed by atoms with E-state index >= 15 is 0 Å². The largest absolute Gasteiger partial charge is 0.481 e. The molecule has 48 heavy (non-hydrogen) atoms. The minimum absolute atomic E-state index is 0.0108. The van der Waals surface area contributed by atoms with Gasteiger partial charge in [0.15, 0.2) is 0 Å². The molecule has 3 rings (SSSR count). The fourth-order valence-electron chi connectivity index (χ4n) is 4.59. The van der Waals surface area contributed by atoms with Crippen molar-refractivity contribution in [1.29, 1.82) is 0 Å². The summed E-state index contributed by atoms with van der Waals surface area (Å²) in [4.78, 5) is 60.3. The summed E-state index contributed by atoms with van der Waals surface area (Å²) in [5.74, 6) is -1.60. The van der Waals surface area contributed by atoms with E-state index in [0.29, 0.717) is 16.2 Å². The summed E-state index contributed by atoms with van der Waals surface area (Å²) in [5.41, 5.74) is 5.45. The topological polar surface area (TPSA) is 150 Å². The molecule has 3 amide bonds. The number of hydrogen-bond acceptors (Lipinski definition) is 10. The van der Waals surface area contributed by atoms with E-state index in [1.54, 1.807) is 79.7 Å². The van der Waals surface area contributed by atoms with Crippen molar-refractivity contribution in [2.24, 2.45) is 10.7 Å². The monoisotopic (exact) mass is 662 g/mol. The van der Waals surface area contributed by atoms with Gasteiger partial charge in [-0.15, -0.1) is 0 Å². The van der Waals surface area contributed by atoms with Crippen molar-refractivity contribution in [3.8, 4) is 0 Å². The number of hydrogen-bond donors (Lipinski definition) is 1. The number of nitrogens with zero attached hydrogens (tertiary/aromatic N) is 3. The van der Waals surface area contributed by atoms with Gasteiger partial charge in [0.25, 0.3) is 5.91 Å². The second-order valence-corrected chi connectivity index (χ2v) is 13.7. The maximum atomic E-state index is 14.2. The van der Waals surface area contributed by atoms with Crippen LogP contribution in [-0.4, -0.2) is 59.5 Å². The van der Waals surface area contributed by atoms with Crippen molar-refractivity contribution in [2.75, 3.05) is 18.6 Å². The molecule has 1 aliphatic heterocycles. The molecule has 1 aliphatic rings. The highest BCUT2D eigenvalue weighted by atomic mass is 16.6. The number of esters is 1. The highest BCUT2D eigenvalue weighted by Gasteiger charge is 2.40. The quantitative estimate of drug-likeness (QED) is 0.148. The fourth-order valence-corrected chi connectivity index (χ4v) is 4.59. The number of carbonyl (C=O) groups is 4. The number of ether oxygens (including phenoxy) is 4. The summed E-state index contributed by atoms with van der Waals surface area (Å²) >= 11 is 0. The number of piperidine rings is 1. The standard InChI is InChI=1S/C36H46N4O8/c1-23(45-10)38-27-20-21-39(26-18-16-25(17-19-26)36(8,9)31(42)46-22-24-14-12-11-13-15-24)30(41)28(27)29(37)40(32(43)47-34(2,3)4)33(44)48-35(5,6)7/h11-19H,1,20-22,37H2,2-10H3/b29-28-,38-27-. The molecule has 0 radical (unpaired) electrons. The first kappa shape index (κ1) is 37.3.